The zero-order valence-electron chi connectivity index (χ0n) is 14.0. The van der Waals surface area contributed by atoms with E-state index in [4.69, 9.17) is 16.3 Å². The molecule has 2 fully saturated rings. The van der Waals surface area contributed by atoms with Gasteiger partial charge in [-0.3, -0.25) is 4.90 Å². The molecule has 0 aromatic heterocycles. The van der Waals surface area contributed by atoms with Crippen LogP contribution in [0, 0.1) is 17.8 Å². The van der Waals surface area contributed by atoms with Crippen molar-refractivity contribution in [3.63, 3.8) is 0 Å². The summed E-state index contributed by atoms with van der Waals surface area (Å²) >= 11 is 6.04. The van der Waals surface area contributed by atoms with Gasteiger partial charge in [-0.2, -0.15) is 0 Å². The maximum atomic E-state index is 11.7. The van der Waals surface area contributed by atoms with Crippen molar-refractivity contribution in [3.8, 4) is 11.8 Å². The SMILES string of the molecule is CCOC(=O)N1CCN(CC#CC2CC2c2cccc(Cl)c2)CC1. The summed E-state index contributed by atoms with van der Waals surface area (Å²) in [5.74, 6) is 7.70. The van der Waals surface area contributed by atoms with E-state index >= 15 is 0 Å². The summed E-state index contributed by atoms with van der Waals surface area (Å²) in [4.78, 5) is 15.7. The average Bonchev–Trinajstić information content (AvgIpc) is 3.35. The van der Waals surface area contributed by atoms with Crippen LogP contribution in [-0.2, 0) is 4.74 Å². The van der Waals surface area contributed by atoms with Gasteiger partial charge in [0.2, 0.25) is 0 Å². The van der Waals surface area contributed by atoms with Gasteiger partial charge in [-0.25, -0.2) is 4.79 Å². The minimum atomic E-state index is -0.203. The number of nitrogens with zero attached hydrogens (tertiary/aromatic N) is 2. The van der Waals surface area contributed by atoms with Crippen molar-refractivity contribution in [2.24, 2.45) is 5.92 Å². The first kappa shape index (κ1) is 17.1. The lowest BCUT2D eigenvalue weighted by molar-refractivity contribution is 0.0829. The summed E-state index contributed by atoms with van der Waals surface area (Å²) < 4.78 is 5.03. The highest BCUT2D eigenvalue weighted by Gasteiger charge is 2.37. The Bertz CT molecular complexity index is 644. The van der Waals surface area contributed by atoms with E-state index in [1.54, 1.807) is 4.90 Å². The van der Waals surface area contributed by atoms with E-state index < -0.39 is 0 Å². The van der Waals surface area contributed by atoms with Crippen LogP contribution in [0.5, 0.6) is 0 Å². The summed E-state index contributed by atoms with van der Waals surface area (Å²) in [5.41, 5.74) is 1.30. The first-order valence-corrected chi connectivity index (χ1v) is 8.93. The highest BCUT2D eigenvalue weighted by Crippen LogP contribution is 2.47. The van der Waals surface area contributed by atoms with Crippen LogP contribution in [0.15, 0.2) is 24.3 Å². The van der Waals surface area contributed by atoms with Crippen LogP contribution in [0.25, 0.3) is 0 Å². The van der Waals surface area contributed by atoms with Gasteiger partial charge in [0, 0.05) is 37.1 Å². The molecule has 5 heteroatoms. The number of carbonyl (C=O) groups excluding carboxylic acids is 1. The van der Waals surface area contributed by atoms with E-state index in [2.05, 4.69) is 22.8 Å². The van der Waals surface area contributed by atoms with Crippen molar-refractivity contribution in [2.45, 2.75) is 19.3 Å². The fourth-order valence-corrected chi connectivity index (χ4v) is 3.25. The number of piperazine rings is 1. The highest BCUT2D eigenvalue weighted by molar-refractivity contribution is 6.30. The minimum absolute atomic E-state index is 0.203. The molecule has 1 saturated heterocycles. The average molecular weight is 347 g/mol. The summed E-state index contributed by atoms with van der Waals surface area (Å²) in [6.45, 7) is 6.18. The molecule has 1 saturated carbocycles. The Balaban J connectivity index is 1.41. The Hall–Kier alpha value is -1.70. The summed E-state index contributed by atoms with van der Waals surface area (Å²) in [6, 6.07) is 8.09. The zero-order valence-corrected chi connectivity index (χ0v) is 14.8. The number of benzene rings is 1. The summed E-state index contributed by atoms with van der Waals surface area (Å²) in [7, 11) is 0. The van der Waals surface area contributed by atoms with Crippen LogP contribution in [0.2, 0.25) is 5.02 Å². The van der Waals surface area contributed by atoms with Gasteiger partial charge in [0.25, 0.3) is 0 Å². The van der Waals surface area contributed by atoms with Crippen molar-refractivity contribution in [1.29, 1.82) is 0 Å². The molecule has 0 radical (unpaired) electrons. The number of ether oxygens (including phenoxy) is 1. The lowest BCUT2D eigenvalue weighted by Crippen LogP contribution is -2.48. The molecular weight excluding hydrogens is 324 g/mol. The Morgan fingerprint density at radius 1 is 1.33 bits per heavy atom. The predicted molar refractivity (Wildman–Crippen MR) is 95.1 cm³/mol. The molecule has 2 unspecified atom stereocenters. The van der Waals surface area contributed by atoms with E-state index in [9.17, 15) is 4.79 Å². The second-order valence-electron chi connectivity index (χ2n) is 6.29. The standard InChI is InChI=1S/C19H23ClN2O2/c1-2-24-19(23)22-11-9-21(10-12-22)8-4-6-16-14-18(16)15-5-3-7-17(20)13-15/h3,5,7,13,16,18H,2,8-12,14H2,1H3. The molecule has 1 aromatic rings. The maximum absolute atomic E-state index is 11.7. The molecule has 1 aliphatic carbocycles. The Morgan fingerprint density at radius 3 is 2.83 bits per heavy atom. The third-order valence-electron chi connectivity index (χ3n) is 4.56. The molecule has 1 aliphatic heterocycles. The van der Waals surface area contributed by atoms with Crippen LogP contribution in [-0.4, -0.2) is 55.2 Å². The van der Waals surface area contributed by atoms with Gasteiger partial charge < -0.3 is 9.64 Å². The van der Waals surface area contributed by atoms with Crippen molar-refractivity contribution in [3.05, 3.63) is 34.9 Å². The molecule has 1 aromatic carbocycles. The molecule has 0 spiro atoms. The Labute approximate surface area is 148 Å². The Kier molecular flexibility index (Phi) is 5.65. The molecule has 0 N–H and O–H groups in total. The van der Waals surface area contributed by atoms with Crippen LogP contribution < -0.4 is 0 Å². The van der Waals surface area contributed by atoms with Gasteiger partial charge in [-0.1, -0.05) is 35.6 Å². The number of hydrogen-bond acceptors (Lipinski definition) is 3. The lowest BCUT2D eigenvalue weighted by Gasteiger charge is -2.32. The van der Waals surface area contributed by atoms with Gasteiger partial charge in [0.1, 0.15) is 0 Å². The van der Waals surface area contributed by atoms with Crippen LogP contribution in [0.4, 0.5) is 4.79 Å². The second-order valence-corrected chi connectivity index (χ2v) is 6.72. The smallest absolute Gasteiger partial charge is 0.409 e. The number of hydrogen-bond donors (Lipinski definition) is 0. The summed E-state index contributed by atoms with van der Waals surface area (Å²) in [5, 5.41) is 0.797. The molecule has 1 amide bonds. The number of amides is 1. The first-order valence-electron chi connectivity index (χ1n) is 8.55. The van der Waals surface area contributed by atoms with Crippen molar-refractivity contribution in [2.75, 3.05) is 39.3 Å². The third kappa shape index (κ3) is 4.43. The largest absolute Gasteiger partial charge is 0.450 e. The maximum Gasteiger partial charge on any atom is 0.409 e. The monoisotopic (exact) mass is 346 g/mol. The summed E-state index contributed by atoms with van der Waals surface area (Å²) in [6.07, 6.45) is 0.926. The molecule has 0 bridgehead atoms. The topological polar surface area (TPSA) is 32.8 Å². The molecule has 3 rings (SSSR count). The van der Waals surface area contributed by atoms with Gasteiger partial charge in [-0.15, -0.1) is 0 Å². The van der Waals surface area contributed by atoms with Crippen molar-refractivity contribution in [1.82, 2.24) is 9.80 Å². The zero-order chi connectivity index (χ0) is 16.9. The molecule has 4 nitrogen and oxygen atoms in total. The van der Waals surface area contributed by atoms with E-state index in [-0.39, 0.29) is 6.09 Å². The lowest BCUT2D eigenvalue weighted by atomic mass is 10.1. The number of halogens is 1. The van der Waals surface area contributed by atoms with E-state index in [1.807, 2.05) is 25.1 Å². The van der Waals surface area contributed by atoms with Gasteiger partial charge >= 0.3 is 6.09 Å². The Morgan fingerprint density at radius 2 is 2.12 bits per heavy atom. The van der Waals surface area contributed by atoms with E-state index in [1.165, 1.54) is 5.56 Å². The number of carbonyl (C=O) groups is 1. The second kappa shape index (κ2) is 7.92. The molecule has 128 valence electrons. The normalized spacial score (nSPS) is 23.3. The van der Waals surface area contributed by atoms with E-state index in [0.717, 1.165) is 44.2 Å². The van der Waals surface area contributed by atoms with E-state index in [0.29, 0.717) is 18.4 Å². The van der Waals surface area contributed by atoms with Gasteiger partial charge in [0.15, 0.2) is 0 Å². The van der Waals surface area contributed by atoms with Gasteiger partial charge in [-0.05, 0) is 37.0 Å². The van der Waals surface area contributed by atoms with Crippen LogP contribution in [0.1, 0.15) is 24.8 Å². The van der Waals surface area contributed by atoms with Crippen molar-refractivity contribution < 1.29 is 9.53 Å². The fraction of sp³-hybridized carbons (Fsp3) is 0.526. The van der Waals surface area contributed by atoms with Crippen LogP contribution in [0.3, 0.4) is 0 Å². The van der Waals surface area contributed by atoms with Crippen LogP contribution >= 0.6 is 11.6 Å². The fourth-order valence-electron chi connectivity index (χ4n) is 3.05. The number of rotatable bonds is 3. The molecular formula is C19H23ClN2O2. The molecule has 2 aliphatic rings. The predicted octanol–water partition coefficient (Wildman–Crippen LogP) is 3.22. The highest BCUT2D eigenvalue weighted by atomic mass is 35.5. The molecule has 2 atom stereocenters. The van der Waals surface area contributed by atoms with Crippen molar-refractivity contribution >= 4 is 17.7 Å². The first-order chi connectivity index (χ1) is 11.7. The minimum Gasteiger partial charge on any atom is -0.450 e. The third-order valence-corrected chi connectivity index (χ3v) is 4.79. The quantitative estimate of drug-likeness (QED) is 0.788. The molecule has 1 heterocycles. The molecule has 24 heavy (non-hydrogen) atoms. The van der Waals surface area contributed by atoms with Gasteiger partial charge in [0.05, 0.1) is 13.2 Å².